The van der Waals surface area contributed by atoms with Gasteiger partial charge in [-0.05, 0) is 36.4 Å². The van der Waals surface area contributed by atoms with Crippen molar-refractivity contribution in [3.63, 3.8) is 0 Å². The van der Waals surface area contributed by atoms with Crippen LogP contribution in [0.2, 0.25) is 0 Å². The average Bonchev–Trinajstić information content (AvgIpc) is 2.73. The molecular formula is C18H17F3N6O2S. The lowest BCUT2D eigenvalue weighted by Crippen LogP contribution is -2.50. The molecule has 0 aliphatic carbocycles. The maximum absolute atomic E-state index is 12.7. The number of fused-ring (bicyclic) bond motifs is 1. The molecule has 0 radical (unpaired) electrons. The summed E-state index contributed by atoms with van der Waals surface area (Å²) in [6, 6.07) is 8.91. The second-order valence-electron chi connectivity index (χ2n) is 6.63. The van der Waals surface area contributed by atoms with Crippen molar-refractivity contribution in [3.8, 4) is 0 Å². The zero-order valence-corrected chi connectivity index (χ0v) is 16.4. The van der Waals surface area contributed by atoms with E-state index in [2.05, 4.69) is 19.7 Å². The van der Waals surface area contributed by atoms with E-state index in [1.165, 1.54) is 16.4 Å². The minimum atomic E-state index is -4.45. The maximum Gasteiger partial charge on any atom is 0.417 e. The van der Waals surface area contributed by atoms with Gasteiger partial charge in [-0.15, -0.1) is 0 Å². The molecule has 0 saturated carbocycles. The number of aromatic nitrogens is 3. The van der Waals surface area contributed by atoms with E-state index in [1.807, 2.05) is 0 Å². The predicted octanol–water partition coefficient (Wildman–Crippen LogP) is 2.52. The Bertz CT molecular complexity index is 1150. The molecule has 4 heterocycles. The lowest BCUT2D eigenvalue weighted by molar-refractivity contribution is -0.137. The Balaban J connectivity index is 1.41. The van der Waals surface area contributed by atoms with Crippen molar-refractivity contribution >= 4 is 32.9 Å². The quantitative estimate of drug-likeness (QED) is 0.673. The molecule has 0 aromatic carbocycles. The molecule has 30 heavy (non-hydrogen) atoms. The minimum absolute atomic E-state index is 0.160. The van der Waals surface area contributed by atoms with E-state index >= 15 is 0 Å². The summed E-state index contributed by atoms with van der Waals surface area (Å²) in [5, 5.41) is 0. The number of hydrogen-bond donors (Lipinski definition) is 1. The second kappa shape index (κ2) is 7.69. The fourth-order valence-electron chi connectivity index (χ4n) is 3.11. The third-order valence-corrected chi connectivity index (χ3v) is 6.18. The van der Waals surface area contributed by atoms with Gasteiger partial charge in [-0.3, -0.25) is 9.71 Å². The Morgan fingerprint density at radius 1 is 0.933 bits per heavy atom. The maximum atomic E-state index is 12.7. The van der Waals surface area contributed by atoms with E-state index < -0.39 is 21.9 Å². The van der Waals surface area contributed by atoms with Gasteiger partial charge in [0.15, 0.2) is 0 Å². The van der Waals surface area contributed by atoms with Crippen LogP contribution in [0.5, 0.6) is 0 Å². The highest BCUT2D eigenvalue weighted by Gasteiger charge is 2.32. The van der Waals surface area contributed by atoms with Gasteiger partial charge in [-0.25, -0.2) is 9.97 Å². The van der Waals surface area contributed by atoms with Gasteiger partial charge < -0.3 is 4.90 Å². The lowest BCUT2D eigenvalue weighted by Gasteiger charge is -2.34. The van der Waals surface area contributed by atoms with Crippen molar-refractivity contribution in [2.45, 2.75) is 6.18 Å². The fraction of sp³-hybridized carbons (Fsp3) is 0.278. The molecule has 12 heteroatoms. The third kappa shape index (κ3) is 4.28. The Kier molecular flexibility index (Phi) is 5.20. The summed E-state index contributed by atoms with van der Waals surface area (Å²) >= 11 is 0. The SMILES string of the molecule is O=S(=O)(Nc1ccc2ncccc2n1)N1CCN(c2ccc(C(F)(F)F)cn2)CC1. The Labute approximate surface area is 170 Å². The third-order valence-electron chi connectivity index (χ3n) is 4.67. The molecule has 0 bridgehead atoms. The number of anilines is 2. The van der Waals surface area contributed by atoms with Crippen molar-refractivity contribution in [2.24, 2.45) is 0 Å². The van der Waals surface area contributed by atoms with Crippen LogP contribution in [-0.2, 0) is 16.4 Å². The molecule has 1 saturated heterocycles. The highest BCUT2D eigenvalue weighted by molar-refractivity contribution is 7.90. The standard InChI is InChI=1S/C18H17F3N6O2S/c19-18(20,21)13-3-6-17(23-12-13)26-8-10-27(11-9-26)30(28,29)25-16-5-4-14-15(24-16)2-1-7-22-14/h1-7,12H,8-11H2,(H,24,25). The normalized spacial score (nSPS) is 16.0. The molecule has 1 aliphatic heterocycles. The van der Waals surface area contributed by atoms with Gasteiger partial charge >= 0.3 is 16.4 Å². The van der Waals surface area contributed by atoms with E-state index in [-0.39, 0.29) is 18.9 Å². The molecule has 1 N–H and O–H groups in total. The first kappa shape index (κ1) is 20.3. The Morgan fingerprint density at radius 3 is 2.37 bits per heavy atom. The zero-order chi connectivity index (χ0) is 21.4. The first-order valence-corrected chi connectivity index (χ1v) is 10.4. The highest BCUT2D eigenvalue weighted by atomic mass is 32.2. The van der Waals surface area contributed by atoms with Crippen LogP contribution in [0.4, 0.5) is 24.8 Å². The van der Waals surface area contributed by atoms with Crippen molar-refractivity contribution in [3.05, 3.63) is 54.4 Å². The van der Waals surface area contributed by atoms with Gasteiger partial charge in [0.2, 0.25) is 0 Å². The van der Waals surface area contributed by atoms with Gasteiger partial charge in [0.1, 0.15) is 11.6 Å². The number of piperazine rings is 1. The number of nitrogens with zero attached hydrogens (tertiary/aromatic N) is 5. The summed E-state index contributed by atoms with van der Waals surface area (Å²) in [6.07, 6.45) is -2.05. The summed E-state index contributed by atoms with van der Waals surface area (Å²) in [5.74, 6) is 0.555. The molecule has 0 amide bonds. The van der Waals surface area contributed by atoms with Crippen LogP contribution in [0.3, 0.4) is 0 Å². The number of halogens is 3. The number of hydrogen-bond acceptors (Lipinski definition) is 6. The van der Waals surface area contributed by atoms with Crippen LogP contribution in [0.25, 0.3) is 11.0 Å². The van der Waals surface area contributed by atoms with Crippen LogP contribution < -0.4 is 9.62 Å². The number of alkyl halides is 3. The molecule has 4 rings (SSSR count). The molecule has 0 spiro atoms. The summed E-state index contributed by atoms with van der Waals surface area (Å²) < 4.78 is 67.1. The lowest BCUT2D eigenvalue weighted by atomic mass is 10.2. The van der Waals surface area contributed by atoms with Gasteiger partial charge in [-0.1, -0.05) is 0 Å². The zero-order valence-electron chi connectivity index (χ0n) is 15.5. The smallest absolute Gasteiger partial charge is 0.354 e. The van der Waals surface area contributed by atoms with E-state index in [0.717, 1.165) is 12.3 Å². The van der Waals surface area contributed by atoms with Gasteiger partial charge in [0, 0.05) is 38.6 Å². The number of nitrogens with one attached hydrogen (secondary N) is 1. The fourth-order valence-corrected chi connectivity index (χ4v) is 4.26. The van der Waals surface area contributed by atoms with Crippen molar-refractivity contribution in [2.75, 3.05) is 35.8 Å². The number of rotatable bonds is 4. The summed E-state index contributed by atoms with van der Waals surface area (Å²) in [7, 11) is -3.83. The first-order chi connectivity index (χ1) is 14.2. The van der Waals surface area contributed by atoms with Gasteiger partial charge in [0.25, 0.3) is 0 Å². The molecule has 1 fully saturated rings. The number of pyridine rings is 3. The average molecular weight is 438 g/mol. The van der Waals surface area contributed by atoms with E-state index in [9.17, 15) is 21.6 Å². The predicted molar refractivity (Wildman–Crippen MR) is 105 cm³/mol. The molecule has 1 aliphatic rings. The summed E-state index contributed by atoms with van der Waals surface area (Å²) in [4.78, 5) is 14.0. The monoisotopic (exact) mass is 438 g/mol. The molecule has 158 valence electrons. The van der Waals surface area contributed by atoms with Crippen molar-refractivity contribution in [1.29, 1.82) is 0 Å². The minimum Gasteiger partial charge on any atom is -0.354 e. The summed E-state index contributed by atoms with van der Waals surface area (Å²) in [5.41, 5.74) is 0.392. The van der Waals surface area contributed by atoms with Crippen LogP contribution in [0.15, 0.2) is 48.8 Å². The topological polar surface area (TPSA) is 91.3 Å². The highest BCUT2D eigenvalue weighted by Crippen LogP contribution is 2.29. The van der Waals surface area contributed by atoms with Crippen molar-refractivity contribution < 1.29 is 21.6 Å². The van der Waals surface area contributed by atoms with Gasteiger partial charge in [0.05, 0.1) is 16.6 Å². The molecular weight excluding hydrogens is 421 g/mol. The Morgan fingerprint density at radius 2 is 1.70 bits per heavy atom. The largest absolute Gasteiger partial charge is 0.417 e. The van der Waals surface area contributed by atoms with E-state index in [4.69, 9.17) is 0 Å². The molecule has 0 atom stereocenters. The second-order valence-corrected chi connectivity index (χ2v) is 8.30. The Hall–Kier alpha value is -2.99. The van der Waals surface area contributed by atoms with Crippen LogP contribution >= 0.6 is 0 Å². The van der Waals surface area contributed by atoms with Gasteiger partial charge in [-0.2, -0.15) is 25.9 Å². The van der Waals surface area contributed by atoms with Crippen LogP contribution in [-0.4, -0.2) is 53.9 Å². The van der Waals surface area contributed by atoms with E-state index in [1.54, 1.807) is 29.3 Å². The summed E-state index contributed by atoms with van der Waals surface area (Å²) in [6.45, 7) is 0.920. The van der Waals surface area contributed by atoms with Crippen LogP contribution in [0.1, 0.15) is 5.56 Å². The first-order valence-electron chi connectivity index (χ1n) is 9.00. The molecule has 3 aromatic rings. The molecule has 8 nitrogen and oxygen atoms in total. The molecule has 3 aromatic heterocycles. The van der Waals surface area contributed by atoms with E-state index in [0.29, 0.717) is 29.9 Å². The molecule has 0 unspecified atom stereocenters. The van der Waals surface area contributed by atoms with Crippen LogP contribution in [0, 0.1) is 0 Å². The van der Waals surface area contributed by atoms with Crippen molar-refractivity contribution in [1.82, 2.24) is 19.3 Å².